The molecule has 85 heavy (non-hydrogen) atoms. The smallest absolute Gasteiger partial charge is 0.246 e. The number of likely N-dealkylation sites (N-methyl/N-ethyl adjacent to an activating group) is 1. The second-order valence-corrected chi connectivity index (χ2v) is 28.8. The Hall–Kier alpha value is -6.28. The third kappa shape index (κ3) is 19.4. The minimum Gasteiger partial charge on any atom is -0.344 e. The van der Waals surface area contributed by atoms with Gasteiger partial charge in [-0.1, -0.05) is 148 Å². The van der Waals surface area contributed by atoms with E-state index in [-0.39, 0.29) is 97.1 Å². The highest BCUT2D eigenvalue weighted by Gasteiger charge is 2.43. The second kappa shape index (κ2) is 30.9. The summed E-state index contributed by atoms with van der Waals surface area (Å²) in [4.78, 5) is 89.9. The van der Waals surface area contributed by atoms with Gasteiger partial charge < -0.3 is 30.2 Å². The van der Waals surface area contributed by atoms with Gasteiger partial charge in [0, 0.05) is 76.0 Å². The number of hydrogen-bond acceptors (Lipinski definition) is 11. The first-order valence-corrected chi connectivity index (χ1v) is 32.9. The molecule has 2 saturated heterocycles. The van der Waals surface area contributed by atoms with Gasteiger partial charge in [0.2, 0.25) is 39.6 Å². The van der Waals surface area contributed by atoms with Crippen LogP contribution in [0.25, 0.3) is 11.1 Å². The van der Waals surface area contributed by atoms with Crippen molar-refractivity contribution in [3.63, 3.8) is 0 Å². The molecule has 6 rings (SSSR count). The van der Waals surface area contributed by atoms with Crippen LogP contribution in [0.4, 0.5) is 0 Å². The Labute approximate surface area is 507 Å². The molecule has 0 aliphatic carbocycles. The fourth-order valence-electron chi connectivity index (χ4n) is 10.9. The van der Waals surface area contributed by atoms with Gasteiger partial charge in [0.1, 0.15) is 11.8 Å². The maximum atomic E-state index is 14.3. The van der Waals surface area contributed by atoms with Crippen LogP contribution in [-0.2, 0) is 61.5 Å². The van der Waals surface area contributed by atoms with Gasteiger partial charge in [-0.05, 0) is 116 Å². The number of carbonyl (C=O) groups is 6. The number of likely N-dealkylation sites (tertiary alicyclic amines) is 2. The lowest BCUT2D eigenvalue weighted by molar-refractivity contribution is -0.144. The third-order valence-corrected chi connectivity index (χ3v) is 19.9. The van der Waals surface area contributed by atoms with E-state index in [1.807, 2.05) is 116 Å². The molecule has 0 saturated carbocycles. The Morgan fingerprint density at radius 1 is 0.635 bits per heavy atom. The van der Waals surface area contributed by atoms with E-state index >= 15 is 0 Å². The molecular weight excluding hydrogens is 1110 g/mol. The van der Waals surface area contributed by atoms with Crippen molar-refractivity contribution in [2.24, 2.45) is 22.7 Å². The van der Waals surface area contributed by atoms with Crippen LogP contribution in [0.15, 0.2) is 119 Å². The van der Waals surface area contributed by atoms with E-state index in [2.05, 4.69) is 15.4 Å². The topological polar surface area (TPSA) is 220 Å². The van der Waals surface area contributed by atoms with Crippen LogP contribution in [0, 0.1) is 22.7 Å². The zero-order chi connectivity index (χ0) is 61.6. The van der Waals surface area contributed by atoms with Gasteiger partial charge in [-0.2, -0.15) is 0 Å². The molecular formula is C66H95N7O10S2. The molecule has 2 aliphatic heterocycles. The Kier molecular flexibility index (Phi) is 25.2. The maximum absolute atomic E-state index is 14.3. The van der Waals surface area contributed by atoms with E-state index in [1.54, 1.807) is 57.8 Å². The summed E-state index contributed by atoms with van der Waals surface area (Å²) in [6, 6.07) is 29.7. The summed E-state index contributed by atoms with van der Waals surface area (Å²) in [5, 5.41) is 5.99. The molecule has 0 aromatic heterocycles. The van der Waals surface area contributed by atoms with Crippen molar-refractivity contribution in [1.82, 2.24) is 35.0 Å². The van der Waals surface area contributed by atoms with Crippen LogP contribution in [0.3, 0.4) is 0 Å². The molecule has 4 aromatic carbocycles. The number of benzene rings is 4. The molecule has 6 atom stereocenters. The van der Waals surface area contributed by atoms with E-state index in [0.29, 0.717) is 62.9 Å². The average molecular weight is 1210 g/mol. The number of rotatable bonds is 28. The summed E-state index contributed by atoms with van der Waals surface area (Å²) >= 11 is 0. The molecule has 4 aromatic rings. The molecule has 19 heteroatoms. The number of hydrogen-bond donors (Lipinski definition) is 3. The maximum Gasteiger partial charge on any atom is 0.246 e. The first-order valence-electron chi connectivity index (χ1n) is 29.8. The molecule has 0 radical (unpaired) electrons. The van der Waals surface area contributed by atoms with Crippen LogP contribution >= 0.6 is 0 Å². The quantitative estimate of drug-likeness (QED) is 0.0491. The summed E-state index contributed by atoms with van der Waals surface area (Å²) in [6.07, 6.45) is 4.24. The first-order chi connectivity index (χ1) is 39.6. The average Bonchev–Trinajstić information content (AvgIpc) is 3.18. The monoisotopic (exact) mass is 1210 g/mol. The SMILES string of the molecule is C.CC[C@@H](C)C(=O)N[C@H](C(=O)N1CCC[C@H]1CN(CCc1ccccc1)C(=O)CCS(=O)(=O)c1ccc(-c2ccc(S(=O)(=O)NCC(=O)N(CCc3ccccc3)C[C@@H]3CCCN3C(=O)[C@@H](CC(=O)[C@H](C)NC)C(C)(C)C)cc2)cc1)C(C)(C)C. The van der Waals surface area contributed by atoms with E-state index in [9.17, 15) is 45.6 Å². The highest BCUT2D eigenvalue weighted by atomic mass is 32.2. The summed E-state index contributed by atoms with van der Waals surface area (Å²) in [7, 11) is -6.43. The number of carbonyl (C=O) groups excluding carboxylic acids is 6. The zero-order valence-electron chi connectivity index (χ0n) is 51.1. The zero-order valence-corrected chi connectivity index (χ0v) is 52.7. The number of amides is 5. The number of ketones is 1. The summed E-state index contributed by atoms with van der Waals surface area (Å²) in [5.41, 5.74) is 2.16. The largest absolute Gasteiger partial charge is 0.344 e. The molecule has 2 heterocycles. The van der Waals surface area contributed by atoms with Crippen LogP contribution < -0.4 is 15.4 Å². The normalized spacial score (nSPS) is 17.1. The Morgan fingerprint density at radius 2 is 1.11 bits per heavy atom. The molecule has 2 fully saturated rings. The number of sulfone groups is 1. The lowest BCUT2D eigenvalue weighted by Gasteiger charge is -2.37. The third-order valence-electron chi connectivity index (χ3n) is 16.7. The van der Waals surface area contributed by atoms with Gasteiger partial charge >= 0.3 is 0 Å². The van der Waals surface area contributed by atoms with Gasteiger partial charge in [0.05, 0.1) is 28.1 Å². The molecule has 0 bridgehead atoms. The predicted molar refractivity (Wildman–Crippen MR) is 335 cm³/mol. The first kappa shape index (κ1) is 69.5. The summed E-state index contributed by atoms with van der Waals surface area (Å²) in [6.45, 7) is 18.6. The van der Waals surface area contributed by atoms with Crippen molar-refractivity contribution in [2.45, 2.75) is 161 Å². The van der Waals surface area contributed by atoms with Crippen molar-refractivity contribution in [1.29, 1.82) is 0 Å². The Bertz CT molecular complexity index is 2880. The van der Waals surface area contributed by atoms with Gasteiger partial charge in [-0.3, -0.25) is 28.8 Å². The summed E-state index contributed by atoms with van der Waals surface area (Å²) < 4.78 is 57.7. The van der Waals surface area contributed by atoms with E-state index in [0.717, 1.165) is 24.0 Å². The number of nitrogens with zero attached hydrogens (tertiary/aromatic N) is 4. The predicted octanol–water partition coefficient (Wildman–Crippen LogP) is 8.36. The molecule has 0 spiro atoms. The number of Topliss-reactive ketones (excluding diaryl/α,β-unsaturated/α-hetero) is 1. The molecule has 466 valence electrons. The van der Waals surface area contributed by atoms with Gasteiger partial charge in [-0.15, -0.1) is 0 Å². The number of nitrogens with one attached hydrogen (secondary N) is 3. The van der Waals surface area contributed by atoms with E-state index < -0.39 is 66.9 Å². The van der Waals surface area contributed by atoms with Gasteiger partial charge in [0.25, 0.3) is 0 Å². The van der Waals surface area contributed by atoms with Crippen molar-refractivity contribution in [2.75, 3.05) is 58.6 Å². The van der Waals surface area contributed by atoms with Crippen molar-refractivity contribution >= 4 is 55.2 Å². The second-order valence-electron chi connectivity index (χ2n) is 25.0. The van der Waals surface area contributed by atoms with E-state index in [4.69, 9.17) is 0 Å². The minimum absolute atomic E-state index is 0. The van der Waals surface area contributed by atoms with Crippen LogP contribution in [0.2, 0.25) is 0 Å². The van der Waals surface area contributed by atoms with Crippen molar-refractivity contribution in [3.8, 4) is 11.1 Å². The van der Waals surface area contributed by atoms with Crippen LogP contribution in [0.1, 0.15) is 126 Å². The van der Waals surface area contributed by atoms with Gasteiger partial charge in [-0.25, -0.2) is 21.6 Å². The lowest BCUT2D eigenvalue weighted by Crippen LogP contribution is -2.57. The highest BCUT2D eigenvalue weighted by molar-refractivity contribution is 7.91. The minimum atomic E-state index is -4.19. The Balaban J connectivity index is 0.0000132. The summed E-state index contributed by atoms with van der Waals surface area (Å²) in [5.74, 6) is -2.63. The highest BCUT2D eigenvalue weighted by Crippen LogP contribution is 2.34. The van der Waals surface area contributed by atoms with Crippen molar-refractivity contribution in [3.05, 3.63) is 120 Å². The van der Waals surface area contributed by atoms with Gasteiger partial charge in [0.15, 0.2) is 9.84 Å². The fraction of sp³-hybridized carbons (Fsp3) is 0.545. The van der Waals surface area contributed by atoms with E-state index in [1.165, 1.54) is 24.3 Å². The lowest BCUT2D eigenvalue weighted by atomic mass is 9.76. The molecule has 17 nitrogen and oxygen atoms in total. The standard InChI is InChI=1S/C65H91N7O10S2.CH4/c1-11-46(2)61(76)68-60(65(7,8)9)63(78)72-38-19-25-53(72)44-69(39-34-48-20-14-12-15-21-48)58(74)36-41-83(79,80)54-30-26-50(27-31-54)51-28-32-55(33-29-51)84(81,82)67-43-59(75)70(40-35-49-22-16-13-17-23-49)45-52-24-18-37-71(52)62(77)56(64(4,5)6)42-57(73)47(3)66-10;/h12-17,20-23,26-33,46-47,52-53,56,60,66-67H,11,18-19,24-25,34-45H2,1-10H3,(H,68,76);1H4/t46-,47+,52+,53+,56-,60-;/m1./s1. The van der Waals surface area contributed by atoms with Crippen molar-refractivity contribution < 1.29 is 45.6 Å². The molecule has 2 aliphatic rings. The molecule has 0 unspecified atom stereocenters. The number of sulfonamides is 1. The van der Waals surface area contributed by atoms with Crippen LogP contribution in [0.5, 0.6) is 0 Å². The fourth-order valence-corrected chi connectivity index (χ4v) is 13.1. The molecule has 5 amide bonds. The van der Waals surface area contributed by atoms with Crippen LogP contribution in [-0.4, -0.2) is 155 Å². The molecule has 3 N–H and O–H groups in total. The Morgan fingerprint density at radius 3 is 1.56 bits per heavy atom.